The van der Waals surface area contributed by atoms with Crippen molar-refractivity contribution in [3.8, 4) is 5.75 Å². The maximum Gasteiger partial charge on any atom is 0.326 e. The largest absolute Gasteiger partial charge is 0.491 e. The van der Waals surface area contributed by atoms with Crippen molar-refractivity contribution in [2.45, 2.75) is 33.8 Å². The first kappa shape index (κ1) is 25.6. The van der Waals surface area contributed by atoms with Crippen LogP contribution in [0, 0.1) is 6.92 Å². The Kier molecular flexibility index (Phi) is 8.75. The number of hydrogen-bond donors (Lipinski definition) is 3. The Hall–Kier alpha value is -3.66. The summed E-state index contributed by atoms with van der Waals surface area (Å²) in [6.07, 6.45) is 0.0120. The number of anilines is 2. The van der Waals surface area contributed by atoms with E-state index in [1.165, 1.54) is 0 Å². The Morgan fingerprint density at radius 2 is 1.94 bits per heavy atom. The van der Waals surface area contributed by atoms with Crippen molar-refractivity contribution in [2.24, 2.45) is 7.05 Å². The van der Waals surface area contributed by atoms with Gasteiger partial charge >= 0.3 is 6.03 Å². The van der Waals surface area contributed by atoms with Crippen LogP contribution >= 0.6 is 0 Å². The van der Waals surface area contributed by atoms with Crippen molar-refractivity contribution in [1.29, 1.82) is 0 Å². The molecule has 0 fully saturated rings. The van der Waals surface area contributed by atoms with E-state index < -0.39 is 11.9 Å². The Morgan fingerprint density at radius 3 is 2.58 bits per heavy atom. The van der Waals surface area contributed by atoms with Crippen LogP contribution in [0.4, 0.5) is 16.3 Å². The van der Waals surface area contributed by atoms with Crippen LogP contribution in [-0.2, 0) is 7.05 Å². The summed E-state index contributed by atoms with van der Waals surface area (Å²) in [6, 6.07) is 8.09. The molecule has 178 valence electrons. The highest BCUT2D eigenvalue weighted by atomic mass is 16.5. The van der Waals surface area contributed by atoms with E-state index in [4.69, 9.17) is 9.84 Å². The van der Waals surface area contributed by atoms with E-state index in [0.29, 0.717) is 35.0 Å². The van der Waals surface area contributed by atoms with Gasteiger partial charge in [0.1, 0.15) is 11.6 Å². The molecule has 3 aromatic rings. The smallest absolute Gasteiger partial charge is 0.326 e. The van der Waals surface area contributed by atoms with Gasteiger partial charge in [0.2, 0.25) is 0 Å². The van der Waals surface area contributed by atoms with Crippen molar-refractivity contribution in [3.63, 3.8) is 0 Å². The Labute approximate surface area is 193 Å². The number of imide groups is 1. The van der Waals surface area contributed by atoms with Gasteiger partial charge in [-0.25, -0.2) is 9.78 Å². The molecule has 33 heavy (non-hydrogen) atoms. The molecule has 10 nitrogen and oxygen atoms in total. The van der Waals surface area contributed by atoms with Gasteiger partial charge in [0.25, 0.3) is 5.91 Å². The second kappa shape index (κ2) is 11.3. The molecule has 2 heterocycles. The van der Waals surface area contributed by atoms with Crippen LogP contribution in [0.1, 0.15) is 36.8 Å². The summed E-state index contributed by atoms with van der Waals surface area (Å²) < 4.78 is 7.31. The molecule has 0 radical (unpaired) electrons. The number of aliphatic hydroxyl groups excluding tert-OH is 1. The quantitative estimate of drug-likeness (QED) is 0.521. The first-order valence-corrected chi connectivity index (χ1v) is 10.6. The molecule has 0 bridgehead atoms. The van der Waals surface area contributed by atoms with Crippen molar-refractivity contribution in [3.05, 3.63) is 41.6 Å². The maximum absolute atomic E-state index is 13.0. The van der Waals surface area contributed by atoms with Gasteiger partial charge in [-0.05, 0) is 45.9 Å². The normalized spacial score (nSPS) is 10.5. The minimum Gasteiger partial charge on any atom is -0.491 e. The molecule has 0 spiro atoms. The van der Waals surface area contributed by atoms with Crippen molar-refractivity contribution in [2.75, 3.05) is 30.9 Å². The maximum atomic E-state index is 13.0. The highest BCUT2D eigenvalue weighted by Gasteiger charge is 2.21. The van der Waals surface area contributed by atoms with Gasteiger partial charge < -0.3 is 20.1 Å². The third-order valence-corrected chi connectivity index (χ3v) is 4.75. The fraction of sp³-hybridized carbons (Fsp3) is 0.391. The average molecular weight is 457 g/mol. The number of urea groups is 1. The molecule has 10 heteroatoms. The number of benzene rings is 1. The molecule has 3 amide bonds. The number of carbonyl (C=O) groups excluding carboxylic acids is 2. The van der Waals surface area contributed by atoms with Crippen LogP contribution in [0.25, 0.3) is 11.0 Å². The van der Waals surface area contributed by atoms with E-state index in [1.54, 1.807) is 35.0 Å². The van der Waals surface area contributed by atoms with E-state index in [2.05, 4.69) is 20.7 Å². The van der Waals surface area contributed by atoms with Gasteiger partial charge in [-0.15, -0.1) is 0 Å². The topological polar surface area (TPSA) is 122 Å². The predicted octanol–water partition coefficient (Wildman–Crippen LogP) is 3.09. The number of nitrogens with zero attached hydrogens (tertiary/aromatic N) is 4. The summed E-state index contributed by atoms with van der Waals surface area (Å²) in [7, 11) is 4.65. The number of carbonyl (C=O) groups is 2. The second-order valence-corrected chi connectivity index (χ2v) is 7.56. The number of amides is 3. The monoisotopic (exact) mass is 456 g/mol. The molecule has 0 unspecified atom stereocenters. The summed E-state index contributed by atoms with van der Waals surface area (Å²) in [5.41, 5.74) is 2.26. The lowest BCUT2D eigenvalue weighted by Crippen LogP contribution is -2.35. The SMILES string of the molecule is CCN(C)c1nc2c(cc1C(=O)NC(=O)Nc1cccc(OC(C)C)c1)c(C)nn2C.CO. The minimum absolute atomic E-state index is 0.0120. The number of hydrogen-bond acceptors (Lipinski definition) is 7. The van der Waals surface area contributed by atoms with E-state index in [1.807, 2.05) is 46.7 Å². The molecular formula is C23H32N6O4. The Bertz CT molecular complexity index is 1130. The number of nitrogens with one attached hydrogen (secondary N) is 2. The van der Waals surface area contributed by atoms with E-state index in [0.717, 1.165) is 18.2 Å². The van der Waals surface area contributed by atoms with Crippen molar-refractivity contribution in [1.82, 2.24) is 20.1 Å². The third kappa shape index (κ3) is 6.19. The number of rotatable bonds is 6. The van der Waals surface area contributed by atoms with E-state index in [-0.39, 0.29) is 6.10 Å². The number of pyridine rings is 1. The Morgan fingerprint density at radius 1 is 1.24 bits per heavy atom. The number of fused-ring (bicyclic) bond motifs is 1. The second-order valence-electron chi connectivity index (χ2n) is 7.56. The third-order valence-electron chi connectivity index (χ3n) is 4.75. The van der Waals surface area contributed by atoms with Crippen molar-refractivity contribution < 1.29 is 19.4 Å². The lowest BCUT2D eigenvalue weighted by Gasteiger charge is -2.19. The minimum atomic E-state index is -0.639. The molecule has 0 saturated heterocycles. The molecule has 0 aliphatic carbocycles. The Balaban J connectivity index is 0.00000187. The van der Waals surface area contributed by atoms with Gasteiger partial charge in [0, 0.05) is 44.9 Å². The van der Waals surface area contributed by atoms with Crippen LogP contribution in [0.15, 0.2) is 30.3 Å². The van der Waals surface area contributed by atoms with Gasteiger partial charge in [-0.2, -0.15) is 5.10 Å². The zero-order valence-electron chi connectivity index (χ0n) is 20.1. The molecule has 3 rings (SSSR count). The first-order chi connectivity index (χ1) is 15.7. The molecule has 0 atom stereocenters. The van der Waals surface area contributed by atoms with E-state index in [9.17, 15) is 9.59 Å². The van der Waals surface area contributed by atoms with Crippen molar-refractivity contribution >= 4 is 34.5 Å². The van der Waals surface area contributed by atoms with E-state index >= 15 is 0 Å². The molecular weight excluding hydrogens is 424 g/mol. The highest BCUT2D eigenvalue weighted by Crippen LogP contribution is 2.25. The van der Waals surface area contributed by atoms with Crippen LogP contribution in [0.5, 0.6) is 5.75 Å². The average Bonchev–Trinajstić information content (AvgIpc) is 3.06. The standard InChI is InChI=1S/C22H28N6O3.CH4O/c1-7-27(5)19-18(12-17-14(4)26-28(6)20(17)24-19)21(29)25-22(30)23-15-9-8-10-16(11-15)31-13(2)3;1-2/h8-13H,7H2,1-6H3,(H2,23,25,29,30);2H,1H3. The molecule has 2 aromatic heterocycles. The number of aromatic nitrogens is 3. The fourth-order valence-electron chi connectivity index (χ4n) is 3.19. The highest BCUT2D eigenvalue weighted by molar-refractivity contribution is 6.11. The molecule has 0 saturated carbocycles. The van der Waals surface area contributed by atoms with Gasteiger partial charge in [-0.3, -0.25) is 14.8 Å². The lowest BCUT2D eigenvalue weighted by molar-refractivity contribution is 0.0967. The predicted molar refractivity (Wildman–Crippen MR) is 129 cm³/mol. The summed E-state index contributed by atoms with van der Waals surface area (Å²) >= 11 is 0. The summed E-state index contributed by atoms with van der Waals surface area (Å²) in [6.45, 7) is 8.30. The van der Waals surface area contributed by atoms with Gasteiger partial charge in [0.15, 0.2) is 5.65 Å². The fourth-order valence-corrected chi connectivity index (χ4v) is 3.19. The van der Waals surface area contributed by atoms with Crippen LogP contribution in [-0.4, -0.2) is 58.6 Å². The van der Waals surface area contributed by atoms with Gasteiger partial charge in [0.05, 0.1) is 17.4 Å². The lowest BCUT2D eigenvalue weighted by atomic mass is 10.1. The van der Waals surface area contributed by atoms with Crippen LogP contribution < -0.4 is 20.3 Å². The summed E-state index contributed by atoms with van der Waals surface area (Å²) in [4.78, 5) is 31.9. The molecule has 1 aromatic carbocycles. The molecule has 0 aliphatic heterocycles. The number of aliphatic hydroxyl groups is 1. The summed E-state index contributed by atoms with van der Waals surface area (Å²) in [5, 5.41) is 17.2. The van der Waals surface area contributed by atoms with Crippen LogP contribution in [0.2, 0.25) is 0 Å². The zero-order chi connectivity index (χ0) is 24.7. The molecule has 0 aliphatic rings. The first-order valence-electron chi connectivity index (χ1n) is 10.6. The van der Waals surface area contributed by atoms with Gasteiger partial charge in [-0.1, -0.05) is 6.07 Å². The summed E-state index contributed by atoms with van der Waals surface area (Å²) in [5.74, 6) is 0.573. The number of aryl methyl sites for hydroxylation is 2. The number of ether oxygens (including phenoxy) is 1. The molecule has 3 N–H and O–H groups in total. The van der Waals surface area contributed by atoms with Crippen LogP contribution in [0.3, 0.4) is 0 Å². The zero-order valence-corrected chi connectivity index (χ0v) is 20.1.